The average molecular weight is 201 g/mol. The molecule has 2 nitrogen and oxygen atoms in total. The number of hydrogen-bond donors (Lipinski definition) is 1. The topological polar surface area (TPSA) is 21.3 Å². The monoisotopic (exact) mass is 201 g/mol. The second-order valence-corrected chi connectivity index (χ2v) is 5.35. The first-order valence-electron chi connectivity index (χ1n) is 5.33. The Morgan fingerprint density at radius 3 is 2.85 bits per heavy atom. The third-order valence-electron chi connectivity index (χ3n) is 2.75. The Kier molecular flexibility index (Phi) is 3.52. The van der Waals surface area contributed by atoms with Crippen LogP contribution in [0.5, 0.6) is 0 Å². The first-order chi connectivity index (χ1) is 6.36. The summed E-state index contributed by atoms with van der Waals surface area (Å²) in [7, 11) is 0. The van der Waals surface area contributed by atoms with E-state index in [1.54, 1.807) is 0 Å². The maximum atomic E-state index is 5.51. The fraction of sp³-hybridized carbons (Fsp3) is 1.00. The summed E-state index contributed by atoms with van der Waals surface area (Å²) in [5.41, 5.74) is 0. The van der Waals surface area contributed by atoms with Gasteiger partial charge in [0.1, 0.15) is 0 Å². The highest BCUT2D eigenvalue weighted by Gasteiger charge is 2.24. The Morgan fingerprint density at radius 1 is 1.38 bits per heavy atom. The van der Waals surface area contributed by atoms with E-state index in [4.69, 9.17) is 4.74 Å². The Morgan fingerprint density at radius 2 is 2.23 bits per heavy atom. The van der Waals surface area contributed by atoms with Gasteiger partial charge in [0.05, 0.1) is 6.10 Å². The van der Waals surface area contributed by atoms with Gasteiger partial charge in [-0.3, -0.25) is 0 Å². The van der Waals surface area contributed by atoms with Gasteiger partial charge in [-0.15, -0.1) is 0 Å². The van der Waals surface area contributed by atoms with Gasteiger partial charge in [0.15, 0.2) is 0 Å². The van der Waals surface area contributed by atoms with E-state index in [1.807, 2.05) is 0 Å². The third-order valence-corrected chi connectivity index (χ3v) is 4.24. The molecule has 2 unspecified atom stereocenters. The second-order valence-electron chi connectivity index (χ2n) is 4.00. The van der Waals surface area contributed by atoms with Gasteiger partial charge in [0.25, 0.3) is 0 Å². The first-order valence-corrected chi connectivity index (χ1v) is 6.38. The molecule has 0 spiro atoms. The minimum atomic E-state index is 0.478. The normalized spacial score (nSPS) is 33.9. The van der Waals surface area contributed by atoms with E-state index in [0.29, 0.717) is 6.10 Å². The van der Waals surface area contributed by atoms with E-state index in [-0.39, 0.29) is 0 Å². The molecule has 0 aromatic heterocycles. The van der Waals surface area contributed by atoms with Gasteiger partial charge in [0.2, 0.25) is 0 Å². The molecule has 2 atom stereocenters. The minimum absolute atomic E-state index is 0.478. The first kappa shape index (κ1) is 9.81. The molecular weight excluding hydrogens is 182 g/mol. The van der Waals surface area contributed by atoms with Crippen molar-refractivity contribution < 1.29 is 4.74 Å². The molecule has 1 aliphatic carbocycles. The van der Waals surface area contributed by atoms with Gasteiger partial charge < -0.3 is 10.1 Å². The van der Waals surface area contributed by atoms with Crippen molar-refractivity contribution in [1.82, 2.24) is 5.32 Å². The SMILES string of the molecule is CC1OCCC1SCCNC1CC1. The van der Waals surface area contributed by atoms with Gasteiger partial charge in [-0.2, -0.15) is 11.8 Å². The van der Waals surface area contributed by atoms with E-state index in [1.165, 1.54) is 31.6 Å². The van der Waals surface area contributed by atoms with E-state index >= 15 is 0 Å². The molecule has 3 heteroatoms. The molecular formula is C10H19NOS. The van der Waals surface area contributed by atoms with Crippen molar-refractivity contribution in [3.05, 3.63) is 0 Å². The molecule has 2 fully saturated rings. The summed E-state index contributed by atoms with van der Waals surface area (Å²) in [4.78, 5) is 0. The maximum absolute atomic E-state index is 5.51. The lowest BCUT2D eigenvalue weighted by Gasteiger charge is -2.13. The summed E-state index contributed by atoms with van der Waals surface area (Å²) in [5, 5.41) is 4.28. The molecule has 0 aromatic rings. The number of hydrogen-bond acceptors (Lipinski definition) is 3. The Labute approximate surface area is 84.8 Å². The van der Waals surface area contributed by atoms with Crippen molar-refractivity contribution in [2.24, 2.45) is 0 Å². The fourth-order valence-corrected chi connectivity index (χ4v) is 2.84. The van der Waals surface area contributed by atoms with Crippen molar-refractivity contribution in [3.63, 3.8) is 0 Å². The molecule has 0 amide bonds. The van der Waals surface area contributed by atoms with Crippen LogP contribution in [0.1, 0.15) is 26.2 Å². The molecule has 2 aliphatic rings. The van der Waals surface area contributed by atoms with E-state index in [0.717, 1.165) is 17.9 Å². The summed E-state index contributed by atoms with van der Waals surface area (Å²) in [5.74, 6) is 1.24. The summed E-state index contributed by atoms with van der Waals surface area (Å²) in [6.07, 6.45) is 4.52. The molecule has 76 valence electrons. The molecule has 1 N–H and O–H groups in total. The van der Waals surface area contributed by atoms with Crippen LogP contribution in [-0.4, -0.2) is 36.3 Å². The lowest BCUT2D eigenvalue weighted by atomic mass is 10.3. The van der Waals surface area contributed by atoms with Crippen LogP contribution in [0, 0.1) is 0 Å². The van der Waals surface area contributed by atoms with Crippen LogP contribution in [0.25, 0.3) is 0 Å². The van der Waals surface area contributed by atoms with Gasteiger partial charge in [-0.05, 0) is 26.2 Å². The third kappa shape index (κ3) is 3.15. The van der Waals surface area contributed by atoms with E-state index in [2.05, 4.69) is 24.0 Å². The Bertz CT molecular complexity index is 161. The lowest BCUT2D eigenvalue weighted by molar-refractivity contribution is 0.127. The zero-order valence-electron chi connectivity index (χ0n) is 8.29. The molecule has 13 heavy (non-hydrogen) atoms. The van der Waals surface area contributed by atoms with Crippen LogP contribution in [0.15, 0.2) is 0 Å². The number of rotatable bonds is 5. The highest BCUT2D eigenvalue weighted by atomic mass is 32.2. The molecule has 0 bridgehead atoms. The summed E-state index contributed by atoms with van der Waals surface area (Å²) < 4.78 is 5.51. The summed E-state index contributed by atoms with van der Waals surface area (Å²) in [6, 6.07) is 0.859. The van der Waals surface area contributed by atoms with Crippen molar-refractivity contribution in [2.75, 3.05) is 18.9 Å². The Balaban J connectivity index is 1.51. The molecule has 1 heterocycles. The number of ether oxygens (including phenoxy) is 1. The predicted molar refractivity (Wildman–Crippen MR) is 57.3 cm³/mol. The van der Waals surface area contributed by atoms with Crippen molar-refractivity contribution in [2.45, 2.75) is 43.6 Å². The molecule has 1 aliphatic heterocycles. The zero-order chi connectivity index (χ0) is 9.10. The van der Waals surface area contributed by atoms with E-state index < -0.39 is 0 Å². The quantitative estimate of drug-likeness (QED) is 0.683. The van der Waals surface area contributed by atoms with Crippen LogP contribution >= 0.6 is 11.8 Å². The largest absolute Gasteiger partial charge is 0.377 e. The lowest BCUT2D eigenvalue weighted by Crippen LogP contribution is -2.22. The molecule has 1 saturated carbocycles. The van der Waals surface area contributed by atoms with Crippen molar-refractivity contribution in [3.8, 4) is 0 Å². The van der Waals surface area contributed by atoms with Gasteiger partial charge in [-0.25, -0.2) is 0 Å². The second kappa shape index (κ2) is 4.67. The standard InChI is InChI=1S/C10H19NOS/c1-8-10(4-6-12-8)13-7-5-11-9-2-3-9/h8-11H,2-7H2,1H3. The predicted octanol–water partition coefficient (Wildman–Crippen LogP) is 1.65. The number of nitrogens with one attached hydrogen (secondary N) is 1. The molecule has 0 radical (unpaired) electrons. The molecule has 1 saturated heterocycles. The molecule has 2 rings (SSSR count). The van der Waals surface area contributed by atoms with Crippen LogP contribution in [-0.2, 0) is 4.74 Å². The summed E-state index contributed by atoms with van der Waals surface area (Å²) in [6.45, 7) is 4.34. The smallest absolute Gasteiger partial charge is 0.0666 e. The fourth-order valence-electron chi connectivity index (χ4n) is 1.69. The maximum Gasteiger partial charge on any atom is 0.0666 e. The van der Waals surface area contributed by atoms with Crippen LogP contribution in [0.3, 0.4) is 0 Å². The van der Waals surface area contributed by atoms with Gasteiger partial charge >= 0.3 is 0 Å². The van der Waals surface area contributed by atoms with Crippen LogP contribution < -0.4 is 5.32 Å². The average Bonchev–Trinajstić information content (AvgIpc) is 2.86. The Hall–Kier alpha value is 0.270. The molecule has 0 aromatic carbocycles. The minimum Gasteiger partial charge on any atom is -0.377 e. The van der Waals surface area contributed by atoms with Crippen LogP contribution in [0.2, 0.25) is 0 Å². The van der Waals surface area contributed by atoms with Crippen molar-refractivity contribution >= 4 is 11.8 Å². The van der Waals surface area contributed by atoms with Gasteiger partial charge in [-0.1, -0.05) is 0 Å². The van der Waals surface area contributed by atoms with Crippen LogP contribution in [0.4, 0.5) is 0 Å². The zero-order valence-corrected chi connectivity index (χ0v) is 9.11. The highest BCUT2D eigenvalue weighted by Crippen LogP contribution is 2.26. The number of thioether (sulfide) groups is 1. The van der Waals surface area contributed by atoms with Gasteiger partial charge in [0, 0.05) is 30.2 Å². The van der Waals surface area contributed by atoms with Crippen molar-refractivity contribution in [1.29, 1.82) is 0 Å². The highest BCUT2D eigenvalue weighted by molar-refractivity contribution is 8.00. The summed E-state index contributed by atoms with van der Waals surface area (Å²) >= 11 is 2.07. The van der Waals surface area contributed by atoms with E-state index in [9.17, 15) is 0 Å².